The third-order valence-corrected chi connectivity index (χ3v) is 4.11. The van der Waals surface area contributed by atoms with Gasteiger partial charge in [0.15, 0.2) is 6.10 Å². The number of amides is 3. The van der Waals surface area contributed by atoms with Gasteiger partial charge in [-0.25, -0.2) is 14.8 Å². The number of likely N-dealkylation sites (N-methyl/N-ethyl adjacent to an activating group) is 1. The fraction of sp³-hybridized carbons (Fsp3) is 0.588. The molecule has 9 heteroatoms. The first kappa shape index (κ1) is 19.6. The Morgan fingerprint density at radius 3 is 2.54 bits per heavy atom. The van der Waals surface area contributed by atoms with Crippen LogP contribution in [0, 0.1) is 0 Å². The van der Waals surface area contributed by atoms with Crippen molar-refractivity contribution in [3.05, 3.63) is 18.5 Å². The van der Waals surface area contributed by atoms with Crippen molar-refractivity contribution in [1.29, 1.82) is 0 Å². The maximum atomic E-state index is 12.0. The monoisotopic (exact) mass is 363 g/mol. The highest BCUT2D eigenvalue weighted by Crippen LogP contribution is 2.17. The summed E-state index contributed by atoms with van der Waals surface area (Å²) in [7, 11) is 1.64. The Balaban J connectivity index is 1.73. The molecule has 0 bridgehead atoms. The summed E-state index contributed by atoms with van der Waals surface area (Å²) in [5.74, 6) is -0.908. The number of ether oxygens (including phenoxy) is 1. The average Bonchev–Trinajstić information content (AvgIpc) is 2.62. The van der Waals surface area contributed by atoms with Crippen LogP contribution in [0.3, 0.4) is 0 Å². The summed E-state index contributed by atoms with van der Waals surface area (Å²) in [6, 6.07) is 1.20. The highest BCUT2D eigenvalue weighted by molar-refractivity contribution is 5.97. The standard InChI is InChI=1S/C17H25N5O4/c1-12(15(24)21-17(25)20-13-7-4-3-5-8-13)26-14(23)11-22(2)16-18-9-6-10-19-16/h6,9-10,12-13H,3-5,7-8,11H2,1-2H3,(H2,20,21,24,25). The smallest absolute Gasteiger partial charge is 0.326 e. The molecule has 2 N–H and O–H groups in total. The molecule has 1 aromatic rings. The second-order valence-corrected chi connectivity index (χ2v) is 6.33. The highest BCUT2D eigenvalue weighted by atomic mass is 16.5. The Hall–Kier alpha value is -2.71. The molecule has 142 valence electrons. The second-order valence-electron chi connectivity index (χ2n) is 6.33. The van der Waals surface area contributed by atoms with E-state index in [1.54, 1.807) is 25.5 Å². The molecule has 1 aliphatic rings. The van der Waals surface area contributed by atoms with Gasteiger partial charge in [0.05, 0.1) is 0 Å². The molecule has 1 atom stereocenters. The van der Waals surface area contributed by atoms with Crippen LogP contribution in [0.4, 0.5) is 10.7 Å². The van der Waals surface area contributed by atoms with Crippen LogP contribution in [-0.2, 0) is 14.3 Å². The minimum absolute atomic E-state index is 0.0916. The van der Waals surface area contributed by atoms with Gasteiger partial charge in [-0.3, -0.25) is 14.9 Å². The Bertz CT molecular complexity index is 619. The van der Waals surface area contributed by atoms with E-state index in [9.17, 15) is 14.4 Å². The molecule has 0 spiro atoms. The average molecular weight is 363 g/mol. The number of imide groups is 1. The zero-order valence-corrected chi connectivity index (χ0v) is 15.1. The molecule has 1 saturated carbocycles. The van der Waals surface area contributed by atoms with E-state index in [1.807, 2.05) is 0 Å². The molecule has 0 radical (unpaired) electrons. The molecule has 1 heterocycles. The second kappa shape index (κ2) is 9.69. The first-order valence-corrected chi connectivity index (χ1v) is 8.74. The fourth-order valence-corrected chi connectivity index (χ4v) is 2.72. The van der Waals surface area contributed by atoms with Crippen LogP contribution in [-0.4, -0.2) is 53.6 Å². The van der Waals surface area contributed by atoms with Crippen LogP contribution in [0.2, 0.25) is 0 Å². The Morgan fingerprint density at radius 1 is 1.23 bits per heavy atom. The molecule has 1 fully saturated rings. The van der Waals surface area contributed by atoms with Gasteiger partial charge >= 0.3 is 12.0 Å². The number of carbonyl (C=O) groups is 3. The lowest BCUT2D eigenvalue weighted by molar-refractivity contribution is -0.153. The van der Waals surface area contributed by atoms with Crippen LogP contribution < -0.4 is 15.5 Å². The molecule has 1 unspecified atom stereocenters. The van der Waals surface area contributed by atoms with Gasteiger partial charge in [-0.05, 0) is 25.8 Å². The van der Waals surface area contributed by atoms with Crippen molar-refractivity contribution >= 4 is 23.9 Å². The Morgan fingerprint density at radius 2 is 1.88 bits per heavy atom. The molecule has 9 nitrogen and oxygen atoms in total. The van der Waals surface area contributed by atoms with Crippen LogP contribution >= 0.6 is 0 Å². The molecular formula is C17H25N5O4. The molecule has 3 amide bonds. The van der Waals surface area contributed by atoms with Crippen molar-refractivity contribution < 1.29 is 19.1 Å². The van der Waals surface area contributed by atoms with Gasteiger partial charge in [-0.2, -0.15) is 0 Å². The zero-order valence-electron chi connectivity index (χ0n) is 15.1. The number of nitrogens with zero attached hydrogens (tertiary/aromatic N) is 3. The quantitative estimate of drug-likeness (QED) is 0.725. The summed E-state index contributed by atoms with van der Waals surface area (Å²) in [5.41, 5.74) is 0. The molecule has 1 aromatic heterocycles. The van der Waals surface area contributed by atoms with E-state index in [1.165, 1.54) is 18.2 Å². The predicted molar refractivity (Wildman–Crippen MR) is 94.4 cm³/mol. The van der Waals surface area contributed by atoms with E-state index >= 15 is 0 Å². The van der Waals surface area contributed by atoms with Crippen molar-refractivity contribution in [2.75, 3.05) is 18.5 Å². The van der Waals surface area contributed by atoms with Crippen LogP contribution in [0.5, 0.6) is 0 Å². The molecule has 26 heavy (non-hydrogen) atoms. The number of esters is 1. The van der Waals surface area contributed by atoms with Gasteiger partial charge < -0.3 is 15.0 Å². The maximum Gasteiger partial charge on any atom is 0.326 e. The molecular weight excluding hydrogens is 338 g/mol. The van der Waals surface area contributed by atoms with Gasteiger partial charge in [0, 0.05) is 25.5 Å². The lowest BCUT2D eigenvalue weighted by Crippen LogP contribution is -2.48. The number of nitrogens with one attached hydrogen (secondary N) is 2. The lowest BCUT2D eigenvalue weighted by Gasteiger charge is -2.23. The summed E-state index contributed by atoms with van der Waals surface area (Å²) in [4.78, 5) is 45.3. The first-order valence-electron chi connectivity index (χ1n) is 8.74. The largest absolute Gasteiger partial charge is 0.451 e. The zero-order chi connectivity index (χ0) is 18.9. The summed E-state index contributed by atoms with van der Waals surface area (Å²) >= 11 is 0. The van der Waals surface area contributed by atoms with Gasteiger partial charge in [0.2, 0.25) is 5.95 Å². The fourth-order valence-electron chi connectivity index (χ4n) is 2.72. The van der Waals surface area contributed by atoms with Gasteiger partial charge in [-0.1, -0.05) is 19.3 Å². The molecule has 0 aliphatic heterocycles. The SMILES string of the molecule is CC(OC(=O)CN(C)c1ncccn1)C(=O)NC(=O)NC1CCCCC1. The summed E-state index contributed by atoms with van der Waals surface area (Å²) in [5, 5.41) is 4.99. The Kier molecular flexibility index (Phi) is 7.31. The number of carbonyl (C=O) groups excluding carboxylic acids is 3. The minimum Gasteiger partial charge on any atom is -0.451 e. The number of aromatic nitrogens is 2. The van der Waals surface area contributed by atoms with Crippen LogP contribution in [0.1, 0.15) is 39.0 Å². The predicted octanol–water partition coefficient (Wildman–Crippen LogP) is 1.00. The minimum atomic E-state index is -1.08. The first-order chi connectivity index (χ1) is 12.5. The third-order valence-electron chi connectivity index (χ3n) is 4.11. The van der Waals surface area contributed by atoms with Gasteiger partial charge in [-0.15, -0.1) is 0 Å². The number of hydrogen-bond acceptors (Lipinski definition) is 7. The van der Waals surface area contributed by atoms with Gasteiger partial charge in [0.25, 0.3) is 5.91 Å². The molecule has 2 rings (SSSR count). The summed E-state index contributed by atoms with van der Waals surface area (Å²) < 4.78 is 5.07. The van der Waals surface area contributed by atoms with Crippen molar-refractivity contribution in [3.63, 3.8) is 0 Å². The van der Waals surface area contributed by atoms with E-state index in [2.05, 4.69) is 20.6 Å². The molecule has 0 aromatic carbocycles. The summed E-state index contributed by atoms with van der Waals surface area (Å²) in [6.45, 7) is 1.30. The van der Waals surface area contributed by atoms with E-state index in [0.29, 0.717) is 5.95 Å². The normalized spacial score (nSPS) is 15.6. The summed E-state index contributed by atoms with van der Waals surface area (Å²) in [6.07, 6.45) is 7.20. The topological polar surface area (TPSA) is 114 Å². The van der Waals surface area contributed by atoms with E-state index < -0.39 is 24.0 Å². The number of hydrogen-bond donors (Lipinski definition) is 2. The van der Waals surface area contributed by atoms with E-state index in [0.717, 1.165) is 25.7 Å². The van der Waals surface area contributed by atoms with Crippen LogP contribution in [0.15, 0.2) is 18.5 Å². The van der Waals surface area contributed by atoms with Crippen molar-refractivity contribution in [3.8, 4) is 0 Å². The lowest BCUT2D eigenvalue weighted by atomic mass is 9.96. The van der Waals surface area contributed by atoms with E-state index in [4.69, 9.17) is 4.74 Å². The van der Waals surface area contributed by atoms with Crippen molar-refractivity contribution in [1.82, 2.24) is 20.6 Å². The third kappa shape index (κ3) is 6.30. The maximum absolute atomic E-state index is 12.0. The molecule has 1 aliphatic carbocycles. The van der Waals surface area contributed by atoms with Gasteiger partial charge in [0.1, 0.15) is 6.54 Å². The molecule has 0 saturated heterocycles. The number of anilines is 1. The Labute approximate surface area is 152 Å². The number of urea groups is 1. The van der Waals surface area contributed by atoms with E-state index in [-0.39, 0.29) is 12.6 Å². The van der Waals surface area contributed by atoms with Crippen molar-refractivity contribution in [2.24, 2.45) is 0 Å². The van der Waals surface area contributed by atoms with Crippen molar-refractivity contribution in [2.45, 2.75) is 51.2 Å². The van der Waals surface area contributed by atoms with Crippen LogP contribution in [0.25, 0.3) is 0 Å². The number of rotatable bonds is 6. The highest BCUT2D eigenvalue weighted by Gasteiger charge is 2.22.